The summed E-state index contributed by atoms with van der Waals surface area (Å²) < 4.78 is 5.50. The summed E-state index contributed by atoms with van der Waals surface area (Å²) in [7, 11) is 1.75. The molecule has 0 bridgehead atoms. The van der Waals surface area contributed by atoms with Crippen molar-refractivity contribution < 1.29 is 4.74 Å². The maximum atomic E-state index is 5.50. The Balaban J connectivity index is 1.30. The molecule has 25 heavy (non-hydrogen) atoms. The minimum absolute atomic E-state index is 0.570. The van der Waals surface area contributed by atoms with Gasteiger partial charge in [-0.3, -0.25) is 4.98 Å². The van der Waals surface area contributed by atoms with Gasteiger partial charge < -0.3 is 15.0 Å². The van der Waals surface area contributed by atoms with Gasteiger partial charge >= 0.3 is 0 Å². The Labute approximate surface area is 150 Å². The molecule has 1 aromatic carbocycles. The van der Waals surface area contributed by atoms with Crippen molar-refractivity contribution in [3.63, 3.8) is 0 Å². The second-order valence-corrected chi connectivity index (χ2v) is 7.08. The number of ether oxygens (including phenoxy) is 1. The largest absolute Gasteiger partial charge is 0.495 e. The molecule has 1 aliphatic carbocycles. The lowest BCUT2D eigenvalue weighted by Gasteiger charge is -2.34. The monoisotopic (exact) mass is 337 g/mol. The first-order valence-corrected chi connectivity index (χ1v) is 9.42. The average Bonchev–Trinajstić information content (AvgIpc) is 3.14. The quantitative estimate of drug-likeness (QED) is 0.908. The second-order valence-electron chi connectivity index (χ2n) is 7.08. The zero-order valence-corrected chi connectivity index (χ0v) is 15.0. The number of rotatable bonds is 5. The third kappa shape index (κ3) is 3.64. The minimum Gasteiger partial charge on any atom is -0.495 e. The molecule has 1 saturated heterocycles. The molecule has 1 fully saturated rings. The van der Waals surface area contributed by atoms with E-state index < -0.39 is 0 Å². The molecule has 4 heteroatoms. The van der Waals surface area contributed by atoms with Crippen molar-refractivity contribution in [2.45, 2.75) is 44.7 Å². The molecule has 1 N–H and O–H groups in total. The highest BCUT2D eigenvalue weighted by Gasteiger charge is 2.21. The van der Waals surface area contributed by atoms with Gasteiger partial charge in [-0.2, -0.15) is 0 Å². The van der Waals surface area contributed by atoms with Crippen LogP contribution in [-0.2, 0) is 19.4 Å². The van der Waals surface area contributed by atoms with E-state index in [0.29, 0.717) is 6.04 Å². The lowest BCUT2D eigenvalue weighted by Crippen LogP contribution is -2.42. The van der Waals surface area contributed by atoms with Crippen LogP contribution in [0.1, 0.15) is 36.2 Å². The average molecular weight is 337 g/mol. The number of hydrogen-bond donors (Lipinski definition) is 1. The van der Waals surface area contributed by atoms with E-state index in [9.17, 15) is 0 Å². The van der Waals surface area contributed by atoms with Crippen LogP contribution in [0.15, 0.2) is 36.4 Å². The molecule has 0 atom stereocenters. The van der Waals surface area contributed by atoms with Crippen molar-refractivity contribution in [2.75, 3.05) is 25.1 Å². The lowest BCUT2D eigenvalue weighted by molar-refractivity contribution is 0.396. The van der Waals surface area contributed by atoms with Crippen LogP contribution in [0, 0.1) is 0 Å². The first kappa shape index (κ1) is 16.4. The summed E-state index contributed by atoms with van der Waals surface area (Å²) in [6.07, 6.45) is 5.94. The van der Waals surface area contributed by atoms with Crippen molar-refractivity contribution >= 4 is 5.69 Å². The number of nitrogens with zero attached hydrogens (tertiary/aromatic N) is 2. The summed E-state index contributed by atoms with van der Waals surface area (Å²) in [5.41, 5.74) is 5.18. The number of methoxy groups -OCH3 is 1. The molecule has 0 amide bonds. The predicted octanol–water partition coefficient (Wildman–Crippen LogP) is 3.34. The molecule has 0 saturated carbocycles. The number of anilines is 1. The van der Waals surface area contributed by atoms with Crippen LogP contribution in [0.2, 0.25) is 0 Å². The second kappa shape index (κ2) is 7.44. The van der Waals surface area contributed by atoms with Gasteiger partial charge in [-0.05, 0) is 55.9 Å². The normalized spacial score (nSPS) is 17.6. The maximum Gasteiger partial charge on any atom is 0.142 e. The smallest absolute Gasteiger partial charge is 0.142 e. The van der Waals surface area contributed by atoms with Crippen molar-refractivity contribution in [1.29, 1.82) is 0 Å². The van der Waals surface area contributed by atoms with Crippen LogP contribution in [-0.4, -0.2) is 31.2 Å². The van der Waals surface area contributed by atoms with Crippen LogP contribution in [0.3, 0.4) is 0 Å². The molecule has 2 aromatic rings. The Kier molecular flexibility index (Phi) is 4.88. The summed E-state index contributed by atoms with van der Waals surface area (Å²) >= 11 is 0. The van der Waals surface area contributed by atoms with Gasteiger partial charge in [-0.1, -0.05) is 18.2 Å². The molecular formula is C21H27N3O. The number of piperidine rings is 1. The highest BCUT2D eigenvalue weighted by atomic mass is 16.5. The van der Waals surface area contributed by atoms with Gasteiger partial charge in [0.1, 0.15) is 5.75 Å². The third-order valence-electron chi connectivity index (χ3n) is 5.48. The number of aromatic nitrogens is 1. The number of aryl methyl sites for hydroxylation is 2. The van der Waals surface area contributed by atoms with E-state index >= 15 is 0 Å². The zero-order valence-electron chi connectivity index (χ0n) is 15.0. The molecule has 1 aliphatic heterocycles. The molecule has 1 aromatic heterocycles. The van der Waals surface area contributed by atoms with Crippen molar-refractivity contribution in [1.82, 2.24) is 10.3 Å². The minimum atomic E-state index is 0.570. The van der Waals surface area contributed by atoms with Crippen LogP contribution < -0.4 is 15.0 Å². The Bertz CT molecular complexity index is 723. The van der Waals surface area contributed by atoms with E-state index in [1.165, 1.54) is 35.5 Å². The highest BCUT2D eigenvalue weighted by Crippen LogP contribution is 2.30. The number of para-hydroxylation sites is 2. The molecule has 0 radical (unpaired) electrons. The summed E-state index contributed by atoms with van der Waals surface area (Å²) in [5, 5.41) is 3.71. The molecule has 4 nitrogen and oxygen atoms in total. The van der Waals surface area contributed by atoms with Crippen molar-refractivity contribution in [3.8, 4) is 5.75 Å². The van der Waals surface area contributed by atoms with Gasteiger partial charge in [0.2, 0.25) is 0 Å². The van der Waals surface area contributed by atoms with E-state index in [1.807, 2.05) is 12.1 Å². The highest BCUT2D eigenvalue weighted by molar-refractivity contribution is 5.58. The van der Waals surface area contributed by atoms with E-state index in [1.54, 1.807) is 7.11 Å². The third-order valence-corrected chi connectivity index (χ3v) is 5.48. The van der Waals surface area contributed by atoms with Crippen molar-refractivity contribution in [3.05, 3.63) is 53.3 Å². The number of hydrogen-bond acceptors (Lipinski definition) is 4. The van der Waals surface area contributed by atoms with Gasteiger partial charge in [-0.25, -0.2) is 0 Å². The number of nitrogens with one attached hydrogen (secondary N) is 1. The fraction of sp³-hybridized carbons (Fsp3) is 0.476. The Morgan fingerprint density at radius 2 is 1.96 bits per heavy atom. The molecule has 132 valence electrons. The van der Waals surface area contributed by atoms with Crippen LogP contribution in [0.5, 0.6) is 5.75 Å². The first-order chi connectivity index (χ1) is 12.3. The van der Waals surface area contributed by atoms with Crippen LogP contribution >= 0.6 is 0 Å². The summed E-state index contributed by atoms with van der Waals surface area (Å²) in [5.74, 6) is 0.969. The summed E-state index contributed by atoms with van der Waals surface area (Å²) in [6.45, 7) is 3.01. The van der Waals surface area contributed by atoms with E-state index in [2.05, 4.69) is 34.5 Å². The molecular weight excluding hydrogens is 310 g/mol. The molecule has 2 heterocycles. The molecule has 2 aliphatic rings. The van der Waals surface area contributed by atoms with Crippen LogP contribution in [0.4, 0.5) is 5.69 Å². The van der Waals surface area contributed by atoms with Gasteiger partial charge in [0.25, 0.3) is 0 Å². The Morgan fingerprint density at radius 3 is 2.80 bits per heavy atom. The van der Waals surface area contributed by atoms with Gasteiger partial charge in [-0.15, -0.1) is 0 Å². The summed E-state index contributed by atoms with van der Waals surface area (Å²) in [4.78, 5) is 7.27. The standard InChI is InChI=1S/C21H27N3O/c1-25-21-8-3-2-7-20(21)24-13-11-17(12-14-24)22-15-18-10-9-16-5-4-6-19(16)23-18/h2-3,7-10,17,22H,4-6,11-15H2,1H3. The number of benzene rings is 1. The molecule has 0 unspecified atom stereocenters. The SMILES string of the molecule is COc1ccccc1N1CCC(NCc2ccc3c(n2)CCC3)CC1. The first-order valence-electron chi connectivity index (χ1n) is 9.42. The topological polar surface area (TPSA) is 37.4 Å². The Morgan fingerprint density at radius 1 is 1.12 bits per heavy atom. The van der Waals surface area contributed by atoms with E-state index in [-0.39, 0.29) is 0 Å². The van der Waals surface area contributed by atoms with Gasteiger partial charge in [0, 0.05) is 31.4 Å². The van der Waals surface area contributed by atoms with E-state index in [0.717, 1.165) is 44.6 Å². The van der Waals surface area contributed by atoms with Gasteiger partial charge in [0.15, 0.2) is 0 Å². The fourth-order valence-corrected chi connectivity index (χ4v) is 4.03. The predicted molar refractivity (Wildman–Crippen MR) is 101 cm³/mol. The van der Waals surface area contributed by atoms with E-state index in [4.69, 9.17) is 9.72 Å². The van der Waals surface area contributed by atoms with Crippen LogP contribution in [0.25, 0.3) is 0 Å². The maximum absolute atomic E-state index is 5.50. The summed E-state index contributed by atoms with van der Waals surface area (Å²) in [6, 6.07) is 13.3. The Hall–Kier alpha value is -2.07. The lowest BCUT2D eigenvalue weighted by atomic mass is 10.0. The molecule has 0 spiro atoms. The van der Waals surface area contributed by atoms with Crippen molar-refractivity contribution in [2.24, 2.45) is 0 Å². The number of pyridine rings is 1. The number of fused-ring (bicyclic) bond motifs is 1. The van der Waals surface area contributed by atoms with Gasteiger partial charge in [0.05, 0.1) is 18.5 Å². The zero-order chi connectivity index (χ0) is 17.1. The molecule has 4 rings (SSSR count). The fourth-order valence-electron chi connectivity index (χ4n) is 4.03.